The van der Waals surface area contributed by atoms with E-state index in [-0.39, 0.29) is 11.6 Å². The number of nitrogens with zero attached hydrogens (tertiary/aromatic N) is 1. The number of carbonyl (C=O) groups excluding carboxylic acids is 1. The van der Waals surface area contributed by atoms with Crippen molar-refractivity contribution in [3.8, 4) is 17.2 Å². The molecular weight excluding hydrogens is 474 g/mol. The minimum absolute atomic E-state index is 0.210. The number of esters is 1. The number of aliphatic imine (C=N–C) groups is 1. The fourth-order valence-corrected chi connectivity index (χ4v) is 3.39. The van der Waals surface area contributed by atoms with Gasteiger partial charge >= 0.3 is 5.97 Å². The minimum Gasteiger partial charge on any atom is -0.497 e. The summed E-state index contributed by atoms with van der Waals surface area (Å²) in [6.07, 6.45) is 1.66. The highest BCUT2D eigenvalue weighted by atomic mass is 79.9. The summed E-state index contributed by atoms with van der Waals surface area (Å²) in [5.74, 6) is 1.88. The van der Waals surface area contributed by atoms with Crippen LogP contribution in [0.2, 0.25) is 0 Å². The Balaban J connectivity index is 1.45. The van der Waals surface area contributed by atoms with E-state index in [4.69, 9.17) is 18.9 Å². The van der Waals surface area contributed by atoms with Crippen LogP contribution >= 0.6 is 15.9 Å². The fraction of sp³-hybridized carbons (Fsp3) is 0.120. The average Bonchev–Trinajstić information content (AvgIpc) is 3.19. The Morgan fingerprint density at radius 2 is 1.66 bits per heavy atom. The van der Waals surface area contributed by atoms with Crippen LogP contribution in [-0.2, 0) is 9.53 Å². The number of carbonyl (C=O) groups is 1. The van der Waals surface area contributed by atoms with Gasteiger partial charge in [-0.3, -0.25) is 0 Å². The number of rotatable bonds is 8. The third-order valence-electron chi connectivity index (χ3n) is 4.57. The normalized spacial score (nSPS) is 14.1. The summed E-state index contributed by atoms with van der Waals surface area (Å²) in [6, 6.07) is 22.2. The van der Waals surface area contributed by atoms with Gasteiger partial charge in [0.25, 0.3) is 0 Å². The van der Waals surface area contributed by atoms with Gasteiger partial charge in [-0.1, -0.05) is 34.1 Å². The molecule has 0 radical (unpaired) electrons. The van der Waals surface area contributed by atoms with Gasteiger partial charge in [-0.15, -0.1) is 0 Å². The van der Waals surface area contributed by atoms with E-state index in [2.05, 4.69) is 20.9 Å². The predicted molar refractivity (Wildman–Crippen MR) is 125 cm³/mol. The van der Waals surface area contributed by atoms with Gasteiger partial charge in [-0.2, -0.15) is 0 Å². The van der Waals surface area contributed by atoms with Crippen LogP contribution in [0.25, 0.3) is 6.08 Å². The number of halogens is 1. The van der Waals surface area contributed by atoms with Crippen molar-refractivity contribution in [3.63, 3.8) is 0 Å². The van der Waals surface area contributed by atoms with Crippen molar-refractivity contribution in [3.05, 3.63) is 94.1 Å². The van der Waals surface area contributed by atoms with Crippen molar-refractivity contribution in [1.82, 2.24) is 0 Å². The highest BCUT2D eigenvalue weighted by molar-refractivity contribution is 9.10. The predicted octanol–water partition coefficient (Wildman–Crippen LogP) is 5.26. The van der Waals surface area contributed by atoms with Gasteiger partial charge in [0.15, 0.2) is 5.70 Å². The molecule has 3 aromatic rings. The number of hydrogen-bond acceptors (Lipinski definition) is 6. The molecule has 6 nitrogen and oxygen atoms in total. The second-order valence-corrected chi connectivity index (χ2v) is 7.67. The van der Waals surface area contributed by atoms with Gasteiger partial charge in [-0.05, 0) is 60.7 Å². The lowest BCUT2D eigenvalue weighted by atomic mass is 10.1. The molecule has 0 amide bonds. The van der Waals surface area contributed by atoms with E-state index in [0.29, 0.717) is 24.5 Å². The van der Waals surface area contributed by atoms with Gasteiger partial charge in [0, 0.05) is 15.6 Å². The molecule has 0 N–H and O–H groups in total. The molecule has 1 heterocycles. The first-order valence-corrected chi connectivity index (χ1v) is 10.7. The molecule has 0 unspecified atom stereocenters. The van der Waals surface area contributed by atoms with Crippen LogP contribution in [0.3, 0.4) is 0 Å². The lowest BCUT2D eigenvalue weighted by Gasteiger charge is -2.11. The molecule has 0 aliphatic carbocycles. The van der Waals surface area contributed by atoms with E-state index >= 15 is 0 Å². The van der Waals surface area contributed by atoms with Gasteiger partial charge in [0.1, 0.15) is 30.5 Å². The van der Waals surface area contributed by atoms with Crippen LogP contribution < -0.4 is 14.2 Å². The van der Waals surface area contributed by atoms with Crippen LogP contribution in [0.5, 0.6) is 17.2 Å². The zero-order chi connectivity index (χ0) is 22.3. The number of cyclic esters (lactones) is 1. The van der Waals surface area contributed by atoms with E-state index in [9.17, 15) is 4.79 Å². The van der Waals surface area contributed by atoms with Crippen LogP contribution in [-0.4, -0.2) is 32.2 Å². The maximum atomic E-state index is 12.3. The molecule has 4 rings (SSSR count). The summed E-state index contributed by atoms with van der Waals surface area (Å²) >= 11 is 3.46. The molecular formula is C25H20BrNO5. The van der Waals surface area contributed by atoms with Gasteiger partial charge in [-0.25, -0.2) is 9.79 Å². The van der Waals surface area contributed by atoms with Gasteiger partial charge in [0.05, 0.1) is 7.11 Å². The molecule has 0 spiro atoms. The largest absolute Gasteiger partial charge is 0.497 e. The molecule has 3 aromatic carbocycles. The van der Waals surface area contributed by atoms with E-state index < -0.39 is 5.97 Å². The van der Waals surface area contributed by atoms with Crippen LogP contribution in [0, 0.1) is 0 Å². The highest BCUT2D eigenvalue weighted by Gasteiger charge is 2.24. The maximum absolute atomic E-state index is 12.3. The van der Waals surface area contributed by atoms with E-state index in [1.807, 2.05) is 72.8 Å². The first-order chi connectivity index (χ1) is 15.6. The summed E-state index contributed by atoms with van der Waals surface area (Å²) in [7, 11) is 1.62. The van der Waals surface area contributed by atoms with Crippen LogP contribution in [0.15, 0.2) is 88.0 Å². The molecule has 7 heteroatoms. The minimum atomic E-state index is -0.502. The first-order valence-electron chi connectivity index (χ1n) is 9.89. The lowest BCUT2D eigenvalue weighted by Crippen LogP contribution is -2.09. The average molecular weight is 494 g/mol. The molecule has 32 heavy (non-hydrogen) atoms. The van der Waals surface area contributed by atoms with Gasteiger partial charge in [0.2, 0.25) is 5.90 Å². The topological polar surface area (TPSA) is 66.3 Å². The summed E-state index contributed by atoms with van der Waals surface area (Å²) in [5, 5.41) is 0. The van der Waals surface area contributed by atoms with Gasteiger partial charge < -0.3 is 18.9 Å². The molecule has 0 bridgehead atoms. The molecule has 0 saturated carbocycles. The Bertz CT molecular complexity index is 1160. The van der Waals surface area contributed by atoms with E-state index in [1.165, 1.54) is 0 Å². The van der Waals surface area contributed by atoms with Crippen molar-refractivity contribution in [2.24, 2.45) is 4.99 Å². The summed E-state index contributed by atoms with van der Waals surface area (Å²) in [4.78, 5) is 16.7. The highest BCUT2D eigenvalue weighted by Crippen LogP contribution is 2.28. The monoisotopic (exact) mass is 493 g/mol. The number of methoxy groups -OCH3 is 1. The molecule has 1 aliphatic rings. The Morgan fingerprint density at radius 3 is 2.41 bits per heavy atom. The molecule has 0 atom stereocenters. The van der Waals surface area contributed by atoms with E-state index in [1.54, 1.807) is 13.2 Å². The zero-order valence-corrected chi connectivity index (χ0v) is 18.9. The Kier molecular flexibility index (Phi) is 6.87. The van der Waals surface area contributed by atoms with Crippen molar-refractivity contribution >= 4 is 33.9 Å². The van der Waals surface area contributed by atoms with E-state index in [0.717, 1.165) is 21.5 Å². The van der Waals surface area contributed by atoms with Crippen molar-refractivity contribution in [1.29, 1.82) is 0 Å². The molecule has 162 valence electrons. The summed E-state index contributed by atoms with van der Waals surface area (Å²) in [6.45, 7) is 0.684. The fourth-order valence-electron chi connectivity index (χ4n) is 3.01. The second kappa shape index (κ2) is 10.2. The van der Waals surface area contributed by atoms with Crippen LogP contribution in [0.1, 0.15) is 11.1 Å². The second-order valence-electron chi connectivity index (χ2n) is 6.76. The third kappa shape index (κ3) is 5.36. The quantitative estimate of drug-likeness (QED) is 0.243. The first kappa shape index (κ1) is 21.6. The maximum Gasteiger partial charge on any atom is 0.363 e. The zero-order valence-electron chi connectivity index (χ0n) is 17.3. The lowest BCUT2D eigenvalue weighted by molar-refractivity contribution is -0.129. The van der Waals surface area contributed by atoms with Crippen molar-refractivity contribution < 1.29 is 23.7 Å². The Hall–Kier alpha value is -3.58. The Morgan fingerprint density at radius 1 is 0.938 bits per heavy atom. The molecule has 0 saturated heterocycles. The Labute approximate surface area is 194 Å². The number of ether oxygens (including phenoxy) is 4. The SMILES string of the molecule is COc1ccc(OCCOc2ccc(Br)cc2/C=C2/N=C(c3ccccc3)OC2=O)cc1. The van der Waals surface area contributed by atoms with Crippen molar-refractivity contribution in [2.75, 3.05) is 20.3 Å². The number of benzene rings is 3. The standard InChI is InChI=1S/C25H20BrNO5/c1-29-20-8-10-21(11-9-20)30-13-14-31-23-12-7-19(26)15-18(23)16-22-25(28)32-24(27-22)17-5-3-2-4-6-17/h2-12,15-16H,13-14H2,1H3/b22-16+. The third-order valence-corrected chi connectivity index (χ3v) is 5.07. The molecule has 0 fully saturated rings. The van der Waals surface area contributed by atoms with Crippen LogP contribution in [0.4, 0.5) is 0 Å². The molecule has 0 aromatic heterocycles. The summed E-state index contributed by atoms with van der Waals surface area (Å²) in [5.41, 5.74) is 1.65. The molecule has 1 aliphatic heterocycles. The smallest absolute Gasteiger partial charge is 0.363 e. The van der Waals surface area contributed by atoms with Crippen molar-refractivity contribution in [2.45, 2.75) is 0 Å². The summed E-state index contributed by atoms with van der Waals surface area (Å²) < 4.78 is 22.9. The number of hydrogen-bond donors (Lipinski definition) is 0.